The van der Waals surface area contributed by atoms with E-state index in [2.05, 4.69) is 36.9 Å². The minimum atomic E-state index is -1.35. The van der Waals surface area contributed by atoms with Crippen molar-refractivity contribution in [2.75, 3.05) is 56.6 Å². The molecule has 3 N–H and O–H groups in total. The van der Waals surface area contributed by atoms with Crippen molar-refractivity contribution in [1.29, 1.82) is 0 Å². The van der Waals surface area contributed by atoms with Crippen molar-refractivity contribution in [3.05, 3.63) is 69.4 Å². The van der Waals surface area contributed by atoms with E-state index in [9.17, 15) is 19.2 Å². The lowest BCUT2D eigenvalue weighted by molar-refractivity contribution is -0.134. The van der Waals surface area contributed by atoms with E-state index in [4.69, 9.17) is 26.4 Å². The Balaban J connectivity index is 0.895. The van der Waals surface area contributed by atoms with Gasteiger partial charge in [-0.1, -0.05) is 29.8 Å². The van der Waals surface area contributed by atoms with E-state index in [0.29, 0.717) is 79.5 Å². The first-order chi connectivity index (χ1) is 28.8. The van der Waals surface area contributed by atoms with E-state index < -0.39 is 11.6 Å². The quantitative estimate of drug-likeness (QED) is 0.154. The third-order valence-electron chi connectivity index (χ3n) is 12.0. The Morgan fingerprint density at radius 2 is 1.83 bits per heavy atom. The van der Waals surface area contributed by atoms with E-state index in [-0.39, 0.29) is 52.6 Å². The zero-order chi connectivity index (χ0) is 42.3. The molecule has 316 valence electrons. The molecule has 0 spiro atoms. The molecule has 3 amide bonds. The Kier molecular flexibility index (Phi) is 11.5. The predicted octanol–water partition coefficient (Wildman–Crippen LogP) is 4.88. The van der Waals surface area contributed by atoms with Gasteiger partial charge >= 0.3 is 0 Å². The molecule has 3 aliphatic heterocycles. The van der Waals surface area contributed by atoms with Crippen LogP contribution in [0.5, 0.6) is 5.75 Å². The number of aryl methyl sites for hydroxylation is 1. The molecular weight excluding hydrogens is 793 g/mol. The van der Waals surface area contributed by atoms with E-state index in [0.717, 1.165) is 36.8 Å². The number of hydrogen-bond donors (Lipinski definition) is 3. The molecule has 0 bridgehead atoms. The third kappa shape index (κ3) is 8.24. The van der Waals surface area contributed by atoms with Crippen LogP contribution in [-0.4, -0.2) is 104 Å². The van der Waals surface area contributed by atoms with Crippen molar-refractivity contribution >= 4 is 68.7 Å². The zero-order valence-corrected chi connectivity index (χ0v) is 34.9. The number of alkyl halides is 1. The number of benzene rings is 1. The number of amides is 3. The fourth-order valence-electron chi connectivity index (χ4n) is 8.81. The molecule has 4 aromatic heterocycles. The van der Waals surface area contributed by atoms with Crippen LogP contribution in [0.3, 0.4) is 0 Å². The number of halogens is 2. The Labute approximate surface area is 350 Å². The number of carbonyl (C=O) groups is 3. The Hall–Kier alpha value is -5.68. The maximum Gasteiger partial charge on any atom is 0.294 e. The van der Waals surface area contributed by atoms with Gasteiger partial charge in [0.2, 0.25) is 17.8 Å². The number of para-hydroxylation sites is 1. The fourth-order valence-corrected chi connectivity index (χ4v) is 8.94. The lowest BCUT2D eigenvalue weighted by Crippen LogP contribution is -2.50. The summed E-state index contributed by atoms with van der Waals surface area (Å²) in [5.41, 5.74) is 2.18. The van der Waals surface area contributed by atoms with Crippen molar-refractivity contribution in [3.8, 4) is 5.75 Å². The first-order valence-electron chi connectivity index (χ1n) is 20.4. The second kappa shape index (κ2) is 16.8. The summed E-state index contributed by atoms with van der Waals surface area (Å²) in [7, 11) is 3.40. The largest absolute Gasteiger partial charge is 0.478 e. The molecule has 3 fully saturated rings. The second-order valence-electron chi connectivity index (χ2n) is 16.3. The van der Waals surface area contributed by atoms with E-state index >= 15 is 4.39 Å². The van der Waals surface area contributed by atoms with Crippen LogP contribution < -0.4 is 31.1 Å². The summed E-state index contributed by atoms with van der Waals surface area (Å²) in [5.74, 6) is -0.269. The smallest absolute Gasteiger partial charge is 0.294 e. The Morgan fingerprint density at radius 3 is 2.55 bits per heavy atom. The molecule has 1 aromatic carbocycles. The third-order valence-corrected chi connectivity index (χ3v) is 12.2. The number of anilines is 3. The number of imide groups is 1. The molecule has 1 unspecified atom stereocenters. The first-order valence-corrected chi connectivity index (χ1v) is 20.8. The number of carbonyl (C=O) groups excluding carboxylic acids is 3. The molecule has 0 radical (unpaired) electrons. The highest BCUT2D eigenvalue weighted by atomic mass is 35.5. The maximum absolute atomic E-state index is 16.5. The van der Waals surface area contributed by atoms with E-state index in [1.807, 2.05) is 42.6 Å². The lowest BCUT2D eigenvalue weighted by atomic mass is 9.85. The summed E-state index contributed by atoms with van der Waals surface area (Å²) >= 11 is 6.56. The summed E-state index contributed by atoms with van der Waals surface area (Å²) in [5, 5.41) is 14.8. The number of likely N-dealkylation sites (N-methyl/N-ethyl adjacent to an activating group) is 1. The van der Waals surface area contributed by atoms with Crippen molar-refractivity contribution < 1.29 is 23.5 Å². The van der Waals surface area contributed by atoms with E-state index in [1.54, 1.807) is 18.3 Å². The van der Waals surface area contributed by atoms with Crippen LogP contribution in [0.4, 0.5) is 21.8 Å². The van der Waals surface area contributed by atoms with Gasteiger partial charge in [0.25, 0.3) is 11.5 Å². The maximum atomic E-state index is 16.5. The van der Waals surface area contributed by atoms with Crippen LogP contribution in [0.1, 0.15) is 81.5 Å². The molecule has 0 saturated carbocycles. The molecule has 16 nitrogen and oxygen atoms in total. The predicted molar refractivity (Wildman–Crippen MR) is 226 cm³/mol. The van der Waals surface area contributed by atoms with Gasteiger partial charge in [-0.25, -0.2) is 14.4 Å². The number of likely N-dealkylation sites (tertiary alicyclic amines) is 1. The van der Waals surface area contributed by atoms with Crippen molar-refractivity contribution in [2.45, 2.75) is 75.9 Å². The van der Waals surface area contributed by atoms with Gasteiger partial charge in [0.15, 0.2) is 18.2 Å². The number of fused-ring (bicyclic) bond motifs is 2. The molecule has 60 heavy (non-hydrogen) atoms. The molecule has 1 atom stereocenters. The van der Waals surface area contributed by atoms with Gasteiger partial charge in [-0.05, 0) is 69.8 Å². The summed E-state index contributed by atoms with van der Waals surface area (Å²) in [6.45, 7) is 6.21. The average Bonchev–Trinajstić information content (AvgIpc) is 3.57. The zero-order valence-electron chi connectivity index (χ0n) is 34.1. The lowest BCUT2D eigenvalue weighted by Gasteiger charge is -2.41. The number of nitrogens with one attached hydrogen (secondary N) is 3. The highest BCUT2D eigenvalue weighted by Gasteiger charge is 2.39. The molecule has 18 heteroatoms. The van der Waals surface area contributed by atoms with Crippen molar-refractivity contribution in [2.24, 2.45) is 7.05 Å². The number of nitrogens with zero attached hydrogens (tertiary/aromatic N) is 8. The van der Waals surface area contributed by atoms with Gasteiger partial charge in [-0.2, -0.15) is 10.1 Å². The van der Waals surface area contributed by atoms with Gasteiger partial charge in [0, 0.05) is 69.8 Å². The van der Waals surface area contributed by atoms with Crippen LogP contribution in [0, 0.1) is 0 Å². The van der Waals surface area contributed by atoms with Gasteiger partial charge in [-0.15, -0.1) is 0 Å². The molecule has 3 aliphatic rings. The monoisotopic (exact) mass is 841 g/mol. The van der Waals surface area contributed by atoms with Crippen LogP contribution in [0.25, 0.3) is 21.9 Å². The van der Waals surface area contributed by atoms with Crippen molar-refractivity contribution in [3.63, 3.8) is 0 Å². The normalized spacial score (nSPS) is 18.9. The Morgan fingerprint density at radius 1 is 1.07 bits per heavy atom. The minimum Gasteiger partial charge on any atom is -0.478 e. The number of hydrogen-bond acceptors (Lipinski definition) is 12. The standard InChI is InChI=1S/C42H49ClFN11O5/c1-24(2)55-38-26(19-32(40(55)59)60-22-34(57)45-3)18-27(20-46-38)48-37-31(43)21-47-41(50-37)54-16-12-42(44,13-17-54)23-53-14-10-25(11-15-53)28-6-5-7-29-35(51-52(4)36(28)29)30-8-9-33(56)49-39(30)58/h5-7,18-21,24-25,30H,8-17,22-23H2,1-4H3,(H,45,57)(H,47,48,50)(H,49,56,58). The Bertz CT molecular complexity index is 2530. The highest BCUT2D eigenvalue weighted by molar-refractivity contribution is 6.33. The number of aromatic nitrogens is 6. The van der Waals surface area contributed by atoms with Crippen LogP contribution in [0.2, 0.25) is 5.02 Å². The molecule has 7 heterocycles. The van der Waals surface area contributed by atoms with Crippen LogP contribution in [-0.2, 0) is 21.4 Å². The molecular formula is C42H49ClFN11O5. The summed E-state index contributed by atoms with van der Waals surface area (Å²) in [4.78, 5) is 67.5. The topological polar surface area (TPSA) is 181 Å². The summed E-state index contributed by atoms with van der Waals surface area (Å²) < 4.78 is 25.5. The van der Waals surface area contributed by atoms with Gasteiger partial charge in [0.1, 0.15) is 16.3 Å². The van der Waals surface area contributed by atoms with Crippen molar-refractivity contribution in [1.82, 2.24) is 44.8 Å². The molecule has 8 rings (SSSR count). The summed E-state index contributed by atoms with van der Waals surface area (Å²) in [6, 6.07) is 9.30. The number of rotatable bonds is 11. The van der Waals surface area contributed by atoms with Gasteiger partial charge in [0.05, 0.1) is 35.2 Å². The second-order valence-corrected chi connectivity index (χ2v) is 16.7. The molecule has 0 aliphatic carbocycles. The summed E-state index contributed by atoms with van der Waals surface area (Å²) in [6.07, 6.45) is 6.27. The van der Waals surface area contributed by atoms with Crippen LogP contribution in [0.15, 0.2) is 47.5 Å². The fraction of sp³-hybridized carbons (Fsp3) is 0.476. The number of piperidine rings is 3. The average molecular weight is 842 g/mol. The minimum absolute atomic E-state index is 0.0294. The molecule has 3 saturated heterocycles. The number of pyridine rings is 2. The van der Waals surface area contributed by atoms with E-state index in [1.165, 1.54) is 23.4 Å². The highest BCUT2D eigenvalue weighted by Crippen LogP contribution is 2.39. The SMILES string of the molecule is CNC(=O)COc1cc2cc(Nc3nc(N4CCC(F)(CN5CCC(c6cccc7c(C8CCC(=O)NC8=O)nn(C)c67)CC5)CC4)ncc3Cl)cnc2n(C(C)C)c1=O. The molecule has 5 aromatic rings. The van der Waals surface area contributed by atoms with Crippen LogP contribution >= 0.6 is 11.6 Å². The first kappa shape index (κ1) is 41.1. The van der Waals surface area contributed by atoms with Gasteiger partial charge < -0.3 is 25.2 Å². The number of ether oxygens (including phenoxy) is 1. The van der Waals surface area contributed by atoms with Gasteiger partial charge in [-0.3, -0.25) is 33.7 Å².